The van der Waals surface area contributed by atoms with E-state index in [0.717, 1.165) is 14.8 Å². The van der Waals surface area contributed by atoms with Crippen molar-refractivity contribution in [3.05, 3.63) is 63.2 Å². The minimum absolute atomic E-state index is 0.190. The largest absolute Gasteiger partial charge is 0.334 e. The van der Waals surface area contributed by atoms with Gasteiger partial charge < -0.3 is 10.6 Å². The van der Waals surface area contributed by atoms with Crippen molar-refractivity contribution in [2.75, 3.05) is 5.32 Å². The predicted molar refractivity (Wildman–Crippen MR) is 86.2 cm³/mol. The van der Waals surface area contributed by atoms with Gasteiger partial charge in [0.2, 0.25) is 0 Å². The molecule has 0 bridgehead atoms. The Labute approximate surface area is 126 Å². The Kier molecular flexibility index (Phi) is 4.79. The van der Waals surface area contributed by atoms with Gasteiger partial charge in [-0.3, -0.25) is 0 Å². The fraction of sp³-hybridized carbons (Fsp3) is 0.133. The summed E-state index contributed by atoms with van der Waals surface area (Å²) in [4.78, 5) is 11.8. The van der Waals surface area contributed by atoms with E-state index in [-0.39, 0.29) is 6.03 Å². The smallest absolute Gasteiger partial charge is 0.319 e. The molecule has 0 aliphatic rings. The zero-order chi connectivity index (χ0) is 13.7. The summed E-state index contributed by atoms with van der Waals surface area (Å²) in [5, 5.41) is 5.68. The van der Waals surface area contributed by atoms with E-state index in [4.69, 9.17) is 0 Å². The fourth-order valence-electron chi connectivity index (χ4n) is 1.62. The van der Waals surface area contributed by atoms with Crippen LogP contribution in [0.2, 0.25) is 0 Å². The van der Waals surface area contributed by atoms with Gasteiger partial charge in [0.1, 0.15) is 0 Å². The van der Waals surface area contributed by atoms with Gasteiger partial charge in [-0.2, -0.15) is 0 Å². The number of aryl methyl sites for hydroxylation is 1. The molecule has 2 rings (SSSR count). The maximum atomic E-state index is 11.8. The lowest BCUT2D eigenvalue weighted by Crippen LogP contribution is -2.28. The zero-order valence-corrected chi connectivity index (χ0v) is 12.8. The Morgan fingerprint density at radius 1 is 1.11 bits per heavy atom. The monoisotopic (exact) mass is 366 g/mol. The average molecular weight is 366 g/mol. The molecule has 19 heavy (non-hydrogen) atoms. The second kappa shape index (κ2) is 6.56. The van der Waals surface area contributed by atoms with Crippen molar-refractivity contribution in [3.8, 4) is 0 Å². The van der Waals surface area contributed by atoms with Gasteiger partial charge in [0, 0.05) is 10.1 Å². The number of hydrogen-bond donors (Lipinski definition) is 2. The zero-order valence-electron chi connectivity index (χ0n) is 10.6. The first kappa shape index (κ1) is 13.9. The molecule has 0 heterocycles. The molecule has 0 fully saturated rings. The third-order valence-electron chi connectivity index (χ3n) is 2.70. The molecule has 3 nitrogen and oxygen atoms in total. The molecule has 0 unspecified atom stereocenters. The maximum absolute atomic E-state index is 11.8. The molecule has 2 amide bonds. The number of halogens is 1. The number of carbonyl (C=O) groups excluding carboxylic acids is 1. The molecule has 2 aromatic rings. The molecular formula is C15H15IN2O. The lowest BCUT2D eigenvalue weighted by atomic mass is 10.1. The van der Waals surface area contributed by atoms with Crippen molar-refractivity contribution in [1.29, 1.82) is 0 Å². The minimum Gasteiger partial charge on any atom is -0.334 e. The minimum atomic E-state index is -0.190. The summed E-state index contributed by atoms with van der Waals surface area (Å²) >= 11 is 2.19. The van der Waals surface area contributed by atoms with E-state index >= 15 is 0 Å². The normalized spacial score (nSPS) is 10.0. The summed E-state index contributed by atoms with van der Waals surface area (Å²) in [7, 11) is 0. The number of hydrogen-bond acceptors (Lipinski definition) is 1. The van der Waals surface area contributed by atoms with E-state index in [0.29, 0.717) is 6.54 Å². The maximum Gasteiger partial charge on any atom is 0.319 e. The van der Waals surface area contributed by atoms with Gasteiger partial charge in [0.25, 0.3) is 0 Å². The third-order valence-corrected chi connectivity index (χ3v) is 3.64. The number of para-hydroxylation sites is 1. The number of benzene rings is 2. The van der Waals surface area contributed by atoms with Crippen molar-refractivity contribution in [1.82, 2.24) is 5.32 Å². The van der Waals surface area contributed by atoms with Gasteiger partial charge in [0.15, 0.2) is 0 Å². The van der Waals surface area contributed by atoms with Gasteiger partial charge in [-0.15, -0.1) is 0 Å². The Morgan fingerprint density at radius 2 is 1.79 bits per heavy atom. The highest BCUT2D eigenvalue weighted by Crippen LogP contribution is 2.16. The van der Waals surface area contributed by atoms with Crippen LogP contribution < -0.4 is 10.6 Å². The molecule has 0 spiro atoms. The van der Waals surface area contributed by atoms with Crippen LogP contribution in [-0.4, -0.2) is 6.03 Å². The molecule has 0 aliphatic heterocycles. The summed E-state index contributed by atoms with van der Waals surface area (Å²) < 4.78 is 1.02. The molecule has 0 saturated heterocycles. The molecule has 0 radical (unpaired) electrons. The van der Waals surface area contributed by atoms with Gasteiger partial charge in [-0.05, 0) is 47.2 Å². The topological polar surface area (TPSA) is 41.1 Å². The van der Waals surface area contributed by atoms with Crippen molar-refractivity contribution in [2.24, 2.45) is 0 Å². The van der Waals surface area contributed by atoms with E-state index in [1.54, 1.807) is 0 Å². The van der Waals surface area contributed by atoms with Gasteiger partial charge >= 0.3 is 6.03 Å². The highest BCUT2D eigenvalue weighted by molar-refractivity contribution is 14.1. The first-order valence-electron chi connectivity index (χ1n) is 6.00. The summed E-state index contributed by atoms with van der Waals surface area (Å²) in [6.45, 7) is 2.57. The molecule has 0 saturated carbocycles. The Bertz CT molecular complexity index is 567. The van der Waals surface area contributed by atoms with Crippen molar-refractivity contribution in [2.45, 2.75) is 13.5 Å². The summed E-state index contributed by atoms with van der Waals surface area (Å²) in [6.07, 6.45) is 0. The standard InChI is InChI=1S/C15H15IN2O/c1-11-6-8-12(9-7-11)10-17-15(19)18-14-5-3-2-4-13(14)16/h2-9H,10H2,1H3,(H2,17,18,19). The van der Waals surface area contributed by atoms with E-state index < -0.39 is 0 Å². The number of anilines is 1. The number of amides is 2. The number of urea groups is 1. The summed E-state index contributed by atoms with van der Waals surface area (Å²) in [5.74, 6) is 0. The number of rotatable bonds is 3. The first-order chi connectivity index (χ1) is 9.15. The van der Waals surface area contributed by atoms with Gasteiger partial charge in [-0.1, -0.05) is 42.0 Å². The Balaban J connectivity index is 1.88. The second-order valence-corrected chi connectivity index (χ2v) is 5.44. The van der Waals surface area contributed by atoms with Crippen molar-refractivity contribution < 1.29 is 4.79 Å². The van der Waals surface area contributed by atoms with Gasteiger partial charge in [-0.25, -0.2) is 4.79 Å². The lowest BCUT2D eigenvalue weighted by molar-refractivity contribution is 0.251. The van der Waals surface area contributed by atoms with Crippen LogP contribution in [0.15, 0.2) is 48.5 Å². The Morgan fingerprint density at radius 3 is 2.47 bits per heavy atom. The summed E-state index contributed by atoms with van der Waals surface area (Å²) in [6, 6.07) is 15.6. The van der Waals surface area contributed by atoms with Crippen LogP contribution in [0.5, 0.6) is 0 Å². The molecule has 0 aromatic heterocycles. The second-order valence-electron chi connectivity index (χ2n) is 4.27. The third kappa shape index (κ3) is 4.24. The highest BCUT2D eigenvalue weighted by atomic mass is 127. The van der Waals surface area contributed by atoms with Crippen molar-refractivity contribution in [3.63, 3.8) is 0 Å². The first-order valence-corrected chi connectivity index (χ1v) is 7.08. The molecular weight excluding hydrogens is 351 g/mol. The van der Waals surface area contributed by atoms with Crippen LogP contribution >= 0.6 is 22.6 Å². The Hall–Kier alpha value is -1.56. The fourth-order valence-corrected chi connectivity index (χ4v) is 2.14. The number of carbonyl (C=O) groups is 1. The van der Waals surface area contributed by atoms with Crippen LogP contribution in [0.3, 0.4) is 0 Å². The van der Waals surface area contributed by atoms with Crippen LogP contribution in [0, 0.1) is 10.5 Å². The average Bonchev–Trinajstić information content (AvgIpc) is 2.41. The SMILES string of the molecule is Cc1ccc(CNC(=O)Nc2ccccc2I)cc1. The summed E-state index contributed by atoms with van der Waals surface area (Å²) in [5.41, 5.74) is 3.13. The quantitative estimate of drug-likeness (QED) is 0.795. The van der Waals surface area contributed by atoms with Gasteiger partial charge in [0.05, 0.1) is 5.69 Å². The molecule has 0 aliphatic carbocycles. The van der Waals surface area contributed by atoms with Crippen LogP contribution in [0.25, 0.3) is 0 Å². The molecule has 2 aromatic carbocycles. The lowest BCUT2D eigenvalue weighted by Gasteiger charge is -2.09. The number of nitrogens with one attached hydrogen (secondary N) is 2. The predicted octanol–water partition coefficient (Wildman–Crippen LogP) is 3.92. The van der Waals surface area contributed by atoms with Crippen LogP contribution in [-0.2, 0) is 6.54 Å². The molecule has 98 valence electrons. The van der Waals surface area contributed by atoms with E-state index in [2.05, 4.69) is 33.2 Å². The molecule has 0 atom stereocenters. The molecule has 2 N–H and O–H groups in total. The van der Waals surface area contributed by atoms with E-state index in [1.165, 1.54) is 5.56 Å². The highest BCUT2D eigenvalue weighted by Gasteiger charge is 2.03. The van der Waals surface area contributed by atoms with E-state index in [1.807, 2.05) is 55.5 Å². The molecule has 4 heteroatoms. The van der Waals surface area contributed by atoms with Crippen LogP contribution in [0.1, 0.15) is 11.1 Å². The van der Waals surface area contributed by atoms with Crippen LogP contribution in [0.4, 0.5) is 10.5 Å². The van der Waals surface area contributed by atoms with Crippen molar-refractivity contribution >= 4 is 34.3 Å². The van der Waals surface area contributed by atoms with E-state index in [9.17, 15) is 4.79 Å².